The molecule has 0 saturated heterocycles. The quantitative estimate of drug-likeness (QED) is 0.615. The van der Waals surface area contributed by atoms with E-state index >= 15 is 0 Å². The van der Waals surface area contributed by atoms with Crippen LogP contribution in [0.15, 0.2) is 0 Å². The average Bonchev–Trinajstić information content (AvgIpc) is 2.97. The Hall–Kier alpha value is -0.170. The number of hydrogen-bond donors (Lipinski definition) is 2. The molecule has 0 bridgehead atoms. The van der Waals surface area contributed by atoms with Crippen molar-refractivity contribution in [3.05, 3.63) is 0 Å². The van der Waals surface area contributed by atoms with Crippen LogP contribution >= 0.6 is 0 Å². The summed E-state index contributed by atoms with van der Waals surface area (Å²) in [5.41, 5.74) is 0. The molecule has 1 rings (SSSR count). The first-order valence-corrected chi connectivity index (χ1v) is 7.43. The highest BCUT2D eigenvalue weighted by Gasteiger charge is 2.21. The van der Waals surface area contributed by atoms with Crippen molar-refractivity contribution in [3.8, 4) is 0 Å². The Morgan fingerprint density at radius 2 is 2.00 bits per heavy atom. The van der Waals surface area contributed by atoms with Crippen LogP contribution in [0.25, 0.3) is 0 Å². The molecule has 0 heterocycles. The second-order valence-corrected chi connectivity index (χ2v) is 6.63. The third-order valence-corrected chi connectivity index (χ3v) is 4.21. The molecular formula is C10H23N3O2S. The van der Waals surface area contributed by atoms with Gasteiger partial charge in [-0.15, -0.1) is 0 Å². The van der Waals surface area contributed by atoms with Crippen molar-refractivity contribution in [3.63, 3.8) is 0 Å². The lowest BCUT2D eigenvalue weighted by molar-refractivity contribution is 0.314. The molecule has 6 heteroatoms. The van der Waals surface area contributed by atoms with Gasteiger partial charge in [0, 0.05) is 25.2 Å². The fourth-order valence-electron chi connectivity index (χ4n) is 1.19. The minimum Gasteiger partial charge on any atom is -0.313 e. The summed E-state index contributed by atoms with van der Waals surface area (Å²) < 4.78 is 25.8. The number of nitrogens with one attached hydrogen (secondary N) is 2. The van der Waals surface area contributed by atoms with Crippen LogP contribution in [-0.2, 0) is 10.0 Å². The second-order valence-electron chi connectivity index (χ2n) is 4.71. The number of likely N-dealkylation sites (N-methyl/N-ethyl adjacent to an activating group) is 1. The topological polar surface area (TPSA) is 61.4 Å². The van der Waals surface area contributed by atoms with Gasteiger partial charge in [-0.1, -0.05) is 0 Å². The Labute approximate surface area is 98.6 Å². The highest BCUT2D eigenvalue weighted by Crippen LogP contribution is 2.17. The van der Waals surface area contributed by atoms with Crippen molar-refractivity contribution in [2.24, 2.45) is 0 Å². The van der Waals surface area contributed by atoms with E-state index in [0.717, 1.165) is 0 Å². The molecule has 1 unspecified atom stereocenters. The van der Waals surface area contributed by atoms with Gasteiger partial charge < -0.3 is 10.2 Å². The summed E-state index contributed by atoms with van der Waals surface area (Å²) in [5.74, 6) is 0.170. The zero-order valence-corrected chi connectivity index (χ0v) is 11.2. The lowest BCUT2D eigenvalue weighted by Crippen LogP contribution is -2.40. The molecule has 1 aliphatic carbocycles. The minimum absolute atomic E-state index is 0.170. The molecule has 1 saturated carbocycles. The first-order valence-electron chi connectivity index (χ1n) is 5.78. The monoisotopic (exact) mass is 249 g/mol. The van der Waals surface area contributed by atoms with E-state index in [0.29, 0.717) is 19.1 Å². The number of sulfonamides is 1. The van der Waals surface area contributed by atoms with Gasteiger partial charge in [-0.05, 0) is 33.9 Å². The molecule has 1 aliphatic rings. The summed E-state index contributed by atoms with van der Waals surface area (Å²) in [6.07, 6.45) is 2.37. The van der Waals surface area contributed by atoms with Crippen molar-refractivity contribution in [2.75, 3.05) is 32.9 Å². The van der Waals surface area contributed by atoms with Crippen molar-refractivity contribution in [1.29, 1.82) is 0 Å². The normalized spacial score (nSPS) is 19.0. The first kappa shape index (κ1) is 13.9. The van der Waals surface area contributed by atoms with Crippen molar-refractivity contribution < 1.29 is 8.42 Å². The maximum atomic E-state index is 11.6. The lowest BCUT2D eigenvalue weighted by Gasteiger charge is -2.19. The molecular weight excluding hydrogens is 226 g/mol. The third kappa shape index (κ3) is 5.79. The van der Waals surface area contributed by atoms with E-state index in [2.05, 4.69) is 10.0 Å². The first-order chi connectivity index (χ1) is 7.41. The van der Waals surface area contributed by atoms with E-state index in [1.165, 1.54) is 12.8 Å². The van der Waals surface area contributed by atoms with Crippen LogP contribution < -0.4 is 10.0 Å². The van der Waals surface area contributed by atoms with Crippen LogP contribution in [0.2, 0.25) is 0 Å². The van der Waals surface area contributed by atoms with Gasteiger partial charge in [-0.2, -0.15) is 0 Å². The van der Waals surface area contributed by atoms with E-state index in [1.807, 2.05) is 25.9 Å². The van der Waals surface area contributed by atoms with Crippen LogP contribution in [0.1, 0.15) is 19.8 Å². The summed E-state index contributed by atoms with van der Waals surface area (Å²) in [4.78, 5) is 1.99. The average molecular weight is 249 g/mol. The van der Waals surface area contributed by atoms with Crippen molar-refractivity contribution >= 4 is 10.0 Å². The van der Waals surface area contributed by atoms with E-state index in [9.17, 15) is 8.42 Å². The fourth-order valence-corrected chi connectivity index (χ4v) is 2.21. The Kier molecular flexibility index (Phi) is 5.17. The third-order valence-electron chi connectivity index (χ3n) is 2.86. The van der Waals surface area contributed by atoms with Crippen LogP contribution in [0.5, 0.6) is 0 Å². The molecule has 2 N–H and O–H groups in total. The molecule has 0 aromatic rings. The molecule has 1 atom stereocenters. The summed E-state index contributed by atoms with van der Waals surface area (Å²) in [6, 6.07) is 0.780. The Balaban J connectivity index is 2.16. The second kappa shape index (κ2) is 5.95. The van der Waals surface area contributed by atoms with Gasteiger partial charge in [0.2, 0.25) is 10.0 Å². The largest absolute Gasteiger partial charge is 0.313 e. The molecule has 0 amide bonds. The standard InChI is InChI=1S/C10H23N3O2S/c1-9(13(2)3)8-12-16(14,15)7-6-11-10-4-5-10/h9-12H,4-8H2,1-3H3. The lowest BCUT2D eigenvalue weighted by atomic mass is 10.3. The van der Waals surface area contributed by atoms with Crippen molar-refractivity contribution in [2.45, 2.75) is 31.8 Å². The molecule has 0 radical (unpaired) electrons. The van der Waals surface area contributed by atoms with Crippen LogP contribution in [-0.4, -0.2) is 58.3 Å². The predicted octanol–water partition coefficient (Wildman–Crippen LogP) is -0.392. The summed E-state index contributed by atoms with van der Waals surface area (Å²) in [5, 5.41) is 3.19. The highest BCUT2D eigenvalue weighted by atomic mass is 32.2. The maximum Gasteiger partial charge on any atom is 0.212 e. The molecule has 0 spiro atoms. The Morgan fingerprint density at radius 1 is 1.38 bits per heavy atom. The SMILES string of the molecule is CC(CNS(=O)(=O)CCNC1CC1)N(C)C. The minimum atomic E-state index is -3.12. The molecule has 0 aliphatic heterocycles. The van der Waals surface area contributed by atoms with Gasteiger partial charge in [0.15, 0.2) is 0 Å². The van der Waals surface area contributed by atoms with Gasteiger partial charge in [-0.25, -0.2) is 13.1 Å². The van der Waals surface area contributed by atoms with Gasteiger partial charge in [-0.3, -0.25) is 0 Å². The number of nitrogens with zero attached hydrogens (tertiary/aromatic N) is 1. The molecule has 16 heavy (non-hydrogen) atoms. The van der Waals surface area contributed by atoms with Crippen LogP contribution in [0, 0.1) is 0 Å². The van der Waals surface area contributed by atoms with Crippen molar-refractivity contribution in [1.82, 2.24) is 14.9 Å². The molecule has 1 fully saturated rings. The molecule has 96 valence electrons. The number of rotatable bonds is 8. The summed E-state index contributed by atoms with van der Waals surface area (Å²) >= 11 is 0. The van der Waals surface area contributed by atoms with E-state index in [1.54, 1.807) is 0 Å². The molecule has 0 aromatic carbocycles. The smallest absolute Gasteiger partial charge is 0.212 e. The van der Waals surface area contributed by atoms with E-state index in [4.69, 9.17) is 0 Å². The summed E-state index contributed by atoms with van der Waals surface area (Å²) in [7, 11) is 0.759. The van der Waals surface area contributed by atoms with Crippen LogP contribution in [0.4, 0.5) is 0 Å². The zero-order chi connectivity index (χ0) is 12.2. The molecule has 0 aromatic heterocycles. The number of hydrogen-bond acceptors (Lipinski definition) is 4. The fraction of sp³-hybridized carbons (Fsp3) is 1.00. The van der Waals surface area contributed by atoms with Gasteiger partial charge >= 0.3 is 0 Å². The van der Waals surface area contributed by atoms with E-state index in [-0.39, 0.29) is 11.8 Å². The predicted molar refractivity (Wildman–Crippen MR) is 66.0 cm³/mol. The Morgan fingerprint density at radius 3 is 2.50 bits per heavy atom. The van der Waals surface area contributed by atoms with Crippen LogP contribution in [0.3, 0.4) is 0 Å². The van der Waals surface area contributed by atoms with E-state index < -0.39 is 10.0 Å². The maximum absolute atomic E-state index is 11.6. The van der Waals surface area contributed by atoms with Gasteiger partial charge in [0.1, 0.15) is 0 Å². The zero-order valence-electron chi connectivity index (χ0n) is 10.4. The van der Waals surface area contributed by atoms with Gasteiger partial charge in [0.25, 0.3) is 0 Å². The Bertz CT molecular complexity index is 299. The summed E-state index contributed by atoms with van der Waals surface area (Å²) in [6.45, 7) is 3.01. The van der Waals surface area contributed by atoms with Gasteiger partial charge in [0.05, 0.1) is 5.75 Å². The highest BCUT2D eigenvalue weighted by molar-refractivity contribution is 7.89. The molecule has 5 nitrogen and oxygen atoms in total.